The van der Waals surface area contributed by atoms with Gasteiger partial charge in [-0.2, -0.15) is 0 Å². The minimum absolute atomic E-state index is 0.180. The predicted molar refractivity (Wildman–Crippen MR) is 76.4 cm³/mol. The Morgan fingerprint density at radius 1 is 1.12 bits per heavy atom. The maximum Gasteiger partial charge on any atom is 0.239 e. The van der Waals surface area contributed by atoms with Gasteiger partial charge in [-0.25, -0.2) is 0 Å². The van der Waals surface area contributed by atoms with Crippen LogP contribution in [0.25, 0.3) is 0 Å². The Labute approximate surface area is 119 Å². The fourth-order valence-electron chi connectivity index (χ4n) is 1.91. The van der Waals surface area contributed by atoms with E-state index in [0.29, 0.717) is 0 Å². The molecular formula is C10H25O2PS2Zn. The van der Waals surface area contributed by atoms with Crippen molar-refractivity contribution >= 4 is 29.7 Å². The number of rotatable bonds is 6. The SMILES string of the molecule is CCC[CH](C)[Zn][CH](C)CCC.OP(O)(=S)S. The number of hydrogen-bond donors (Lipinski definition) is 3. The van der Waals surface area contributed by atoms with E-state index in [-0.39, 0.29) is 17.1 Å². The summed E-state index contributed by atoms with van der Waals surface area (Å²) in [4.78, 5) is 15.7. The van der Waals surface area contributed by atoms with E-state index in [0.717, 1.165) is 9.02 Å². The standard InChI is InChI=1S/2C5H11.H3O2PS2.Zn/c2*1-3-5-4-2;1-3(2,4)5;/h2*3H,4-5H2,1-2H3;(H3,1,2,4,5);. The van der Waals surface area contributed by atoms with Crippen molar-refractivity contribution in [1.82, 2.24) is 0 Å². The van der Waals surface area contributed by atoms with Crippen molar-refractivity contribution in [2.24, 2.45) is 0 Å². The monoisotopic (exact) mass is 336 g/mol. The molecule has 0 spiro atoms. The number of thiol groups is 1. The van der Waals surface area contributed by atoms with E-state index in [1.165, 1.54) is 25.7 Å². The molecule has 0 fully saturated rings. The molecule has 0 aliphatic rings. The summed E-state index contributed by atoms with van der Waals surface area (Å²) in [6.45, 7) is 9.55. The fraction of sp³-hybridized carbons (Fsp3) is 1.00. The molecule has 16 heavy (non-hydrogen) atoms. The van der Waals surface area contributed by atoms with Crippen molar-refractivity contribution in [2.75, 3.05) is 0 Å². The molecule has 2 unspecified atom stereocenters. The van der Waals surface area contributed by atoms with Crippen molar-refractivity contribution in [3.8, 4) is 0 Å². The van der Waals surface area contributed by atoms with Crippen LogP contribution in [0.2, 0.25) is 9.02 Å². The van der Waals surface area contributed by atoms with Crippen LogP contribution < -0.4 is 0 Å². The van der Waals surface area contributed by atoms with E-state index in [2.05, 4.69) is 51.8 Å². The van der Waals surface area contributed by atoms with Crippen LogP contribution in [0.3, 0.4) is 0 Å². The fourth-order valence-corrected chi connectivity index (χ4v) is 7.49. The molecule has 0 aromatic heterocycles. The topological polar surface area (TPSA) is 40.5 Å². The molecule has 0 heterocycles. The normalized spacial score (nSPS) is 14.4. The van der Waals surface area contributed by atoms with Gasteiger partial charge in [0.1, 0.15) is 0 Å². The maximum absolute atomic E-state index is 7.87. The summed E-state index contributed by atoms with van der Waals surface area (Å²) >= 11 is 6.89. The van der Waals surface area contributed by atoms with Gasteiger partial charge in [0, 0.05) is 0 Å². The van der Waals surface area contributed by atoms with Crippen LogP contribution in [0.15, 0.2) is 0 Å². The quantitative estimate of drug-likeness (QED) is 0.382. The van der Waals surface area contributed by atoms with Gasteiger partial charge in [-0.15, -0.1) is 0 Å². The first kappa shape index (κ1) is 19.9. The van der Waals surface area contributed by atoms with Crippen LogP contribution in [0.4, 0.5) is 0 Å². The van der Waals surface area contributed by atoms with Gasteiger partial charge in [0.25, 0.3) is 0 Å². The summed E-state index contributed by atoms with van der Waals surface area (Å²) in [5, 5.41) is 0. The molecule has 0 aromatic carbocycles. The van der Waals surface area contributed by atoms with Crippen LogP contribution >= 0.6 is 17.9 Å². The van der Waals surface area contributed by atoms with Crippen LogP contribution in [0, 0.1) is 0 Å². The summed E-state index contributed by atoms with van der Waals surface area (Å²) < 4.78 is 2.27. The van der Waals surface area contributed by atoms with Crippen LogP contribution in [-0.4, -0.2) is 9.79 Å². The van der Waals surface area contributed by atoms with Crippen molar-refractivity contribution < 1.29 is 26.9 Å². The van der Waals surface area contributed by atoms with Crippen molar-refractivity contribution in [2.45, 2.75) is 62.4 Å². The third-order valence-electron chi connectivity index (χ3n) is 2.37. The maximum atomic E-state index is 7.87. The molecule has 96 valence electrons. The molecule has 2 atom stereocenters. The second-order valence-corrected chi connectivity index (χ2v) is 16.4. The van der Waals surface area contributed by atoms with Crippen LogP contribution in [0.1, 0.15) is 53.4 Å². The Morgan fingerprint density at radius 3 is 1.56 bits per heavy atom. The van der Waals surface area contributed by atoms with Crippen molar-refractivity contribution in [3.63, 3.8) is 0 Å². The summed E-state index contributed by atoms with van der Waals surface area (Å²) in [5.41, 5.74) is -3.11. The Bertz CT molecular complexity index is 181. The Balaban J connectivity index is 0. The molecule has 6 heteroatoms. The first-order valence-corrected chi connectivity index (χ1v) is 13.3. The third kappa shape index (κ3) is 24.7. The smallest absolute Gasteiger partial charge is 0.239 e. The van der Waals surface area contributed by atoms with Gasteiger partial charge < -0.3 is 9.79 Å². The average molecular weight is 338 g/mol. The van der Waals surface area contributed by atoms with E-state index in [1.807, 2.05) is 0 Å². The second-order valence-electron chi connectivity index (χ2n) is 4.54. The zero-order valence-corrected chi connectivity index (χ0v) is 16.5. The molecule has 0 aliphatic heterocycles. The molecular weight excluding hydrogens is 313 g/mol. The van der Waals surface area contributed by atoms with Gasteiger partial charge in [0.05, 0.1) is 0 Å². The molecule has 0 rings (SSSR count). The Kier molecular flexibility index (Phi) is 14.4. The molecule has 0 aromatic rings. The van der Waals surface area contributed by atoms with Gasteiger partial charge in [-0.05, 0) is 11.8 Å². The van der Waals surface area contributed by atoms with Crippen molar-refractivity contribution in [1.29, 1.82) is 0 Å². The molecule has 2 N–H and O–H groups in total. The van der Waals surface area contributed by atoms with Crippen molar-refractivity contribution in [3.05, 3.63) is 0 Å². The summed E-state index contributed by atoms with van der Waals surface area (Å²) in [5.74, 6) is 0. The van der Waals surface area contributed by atoms with Gasteiger partial charge in [0.2, 0.25) is 5.69 Å². The average Bonchev–Trinajstić information content (AvgIpc) is 2.00. The zero-order valence-electron chi connectivity index (χ0n) is 10.9. The first-order valence-electron chi connectivity index (χ1n) is 5.98. The molecule has 0 radical (unpaired) electrons. The Hall–Kier alpha value is 1.54. The largest absolute Gasteiger partial charge is 0.338 e. The summed E-state index contributed by atoms with van der Waals surface area (Å²) in [7, 11) is 0. The van der Waals surface area contributed by atoms with Gasteiger partial charge in [-0.3, -0.25) is 0 Å². The molecule has 0 aliphatic carbocycles. The van der Waals surface area contributed by atoms with Gasteiger partial charge in [-0.1, -0.05) is 12.2 Å². The predicted octanol–water partition coefficient (Wildman–Crippen LogP) is 4.41. The molecule has 0 amide bonds. The second kappa shape index (κ2) is 11.6. The zero-order chi connectivity index (χ0) is 13.2. The third-order valence-corrected chi connectivity index (χ3v) is 7.46. The summed E-state index contributed by atoms with van der Waals surface area (Å²) in [6.07, 6.45) is 5.78. The molecule has 2 nitrogen and oxygen atoms in total. The minimum atomic E-state index is -3.11. The van der Waals surface area contributed by atoms with E-state index < -0.39 is 5.69 Å². The minimum Gasteiger partial charge on any atom is -0.338 e. The summed E-state index contributed by atoms with van der Waals surface area (Å²) in [6, 6.07) is 0. The van der Waals surface area contributed by atoms with Gasteiger partial charge in [0.15, 0.2) is 0 Å². The van der Waals surface area contributed by atoms with E-state index in [9.17, 15) is 0 Å². The molecule has 0 saturated heterocycles. The Morgan fingerprint density at radius 2 is 1.38 bits per heavy atom. The van der Waals surface area contributed by atoms with E-state index >= 15 is 0 Å². The van der Waals surface area contributed by atoms with Crippen LogP contribution in [0.5, 0.6) is 0 Å². The van der Waals surface area contributed by atoms with E-state index in [4.69, 9.17) is 9.79 Å². The molecule has 0 bridgehead atoms. The van der Waals surface area contributed by atoms with Crippen LogP contribution in [-0.2, 0) is 28.9 Å². The molecule has 0 saturated carbocycles. The van der Waals surface area contributed by atoms with E-state index in [1.54, 1.807) is 0 Å². The van der Waals surface area contributed by atoms with Gasteiger partial charge >= 0.3 is 79.5 Å². The first-order chi connectivity index (χ1) is 7.20. The number of hydrogen-bond acceptors (Lipinski definition) is 1.